The molecule has 9 heavy (non-hydrogen) atoms. The van der Waals surface area contributed by atoms with Gasteiger partial charge >= 0.3 is 0 Å². The summed E-state index contributed by atoms with van der Waals surface area (Å²) in [4.78, 5) is 0. The summed E-state index contributed by atoms with van der Waals surface area (Å²) in [5.74, 6) is 0. The second kappa shape index (κ2) is 3.67. The number of hydrogen-bond acceptors (Lipinski definition) is 1. The number of hydrogen-bond donors (Lipinski definition) is 0. The van der Waals surface area contributed by atoms with Crippen LogP contribution >= 0.6 is 0 Å². The first-order valence-corrected chi connectivity index (χ1v) is 3.66. The lowest BCUT2D eigenvalue weighted by molar-refractivity contribution is 0.390. The van der Waals surface area contributed by atoms with Crippen molar-refractivity contribution in [2.24, 2.45) is 0 Å². The Balaban J connectivity index is 1.75. The third-order valence-corrected chi connectivity index (χ3v) is 1.59. The standard InChI is InChI=1S/C8H14O/c1-2-3-4-5-6-8-7-9-8/h2,8H,1,3-7H2/t8-/m1/s1. The first-order valence-electron chi connectivity index (χ1n) is 3.66. The van der Waals surface area contributed by atoms with Crippen molar-refractivity contribution < 1.29 is 4.74 Å². The van der Waals surface area contributed by atoms with Gasteiger partial charge in [-0.3, -0.25) is 0 Å². The zero-order chi connectivity index (χ0) is 6.53. The third kappa shape index (κ3) is 3.31. The highest BCUT2D eigenvalue weighted by atomic mass is 16.6. The molecule has 0 aromatic rings. The van der Waals surface area contributed by atoms with Crippen LogP contribution in [0.2, 0.25) is 0 Å². The van der Waals surface area contributed by atoms with Gasteiger partial charge in [-0.15, -0.1) is 6.58 Å². The molecule has 1 atom stereocenters. The van der Waals surface area contributed by atoms with Crippen LogP contribution in [0.1, 0.15) is 25.7 Å². The monoisotopic (exact) mass is 126 g/mol. The summed E-state index contributed by atoms with van der Waals surface area (Å²) in [6.07, 6.45) is 7.60. The molecule has 52 valence electrons. The van der Waals surface area contributed by atoms with Gasteiger partial charge < -0.3 is 4.74 Å². The maximum Gasteiger partial charge on any atom is 0.0810 e. The largest absolute Gasteiger partial charge is 0.373 e. The lowest BCUT2D eigenvalue weighted by Crippen LogP contribution is -1.83. The molecule has 1 aliphatic heterocycles. The summed E-state index contributed by atoms with van der Waals surface area (Å²) in [6, 6.07) is 0. The summed E-state index contributed by atoms with van der Waals surface area (Å²) in [5.41, 5.74) is 0. The highest BCUT2D eigenvalue weighted by Crippen LogP contribution is 2.16. The molecule has 0 unspecified atom stereocenters. The van der Waals surface area contributed by atoms with Crippen LogP contribution in [0.25, 0.3) is 0 Å². The summed E-state index contributed by atoms with van der Waals surface area (Å²) >= 11 is 0. The molecule has 0 bridgehead atoms. The van der Waals surface area contributed by atoms with Crippen molar-refractivity contribution >= 4 is 0 Å². The minimum absolute atomic E-state index is 0.620. The van der Waals surface area contributed by atoms with E-state index in [1.165, 1.54) is 19.3 Å². The zero-order valence-corrected chi connectivity index (χ0v) is 5.81. The van der Waals surface area contributed by atoms with Gasteiger partial charge in [0.1, 0.15) is 0 Å². The zero-order valence-electron chi connectivity index (χ0n) is 5.81. The van der Waals surface area contributed by atoms with Crippen molar-refractivity contribution in [2.75, 3.05) is 6.61 Å². The molecule has 1 fully saturated rings. The molecule has 1 rings (SSSR count). The molecule has 1 heteroatoms. The van der Waals surface area contributed by atoms with Crippen molar-refractivity contribution in [3.63, 3.8) is 0 Å². The first-order chi connectivity index (χ1) is 4.43. The van der Waals surface area contributed by atoms with Crippen LogP contribution in [-0.2, 0) is 4.74 Å². The molecule has 0 amide bonds. The van der Waals surface area contributed by atoms with Crippen molar-refractivity contribution in [3.8, 4) is 0 Å². The molecule has 0 aromatic heterocycles. The van der Waals surface area contributed by atoms with E-state index < -0.39 is 0 Å². The molecule has 0 N–H and O–H groups in total. The van der Waals surface area contributed by atoms with Crippen LogP contribution in [0.5, 0.6) is 0 Å². The minimum Gasteiger partial charge on any atom is -0.373 e. The molecule has 1 aliphatic rings. The fourth-order valence-electron chi connectivity index (χ4n) is 0.895. The quantitative estimate of drug-likeness (QED) is 0.312. The second-order valence-electron chi connectivity index (χ2n) is 2.53. The fraction of sp³-hybridized carbons (Fsp3) is 0.750. The van der Waals surface area contributed by atoms with E-state index >= 15 is 0 Å². The Morgan fingerprint density at radius 1 is 1.56 bits per heavy atom. The highest BCUT2D eigenvalue weighted by Gasteiger charge is 2.20. The van der Waals surface area contributed by atoms with Gasteiger partial charge in [0, 0.05) is 0 Å². The first kappa shape index (κ1) is 6.81. The Hall–Kier alpha value is -0.300. The Morgan fingerprint density at radius 2 is 2.33 bits per heavy atom. The van der Waals surface area contributed by atoms with Gasteiger partial charge in [0.2, 0.25) is 0 Å². The van der Waals surface area contributed by atoms with E-state index in [1.54, 1.807) is 0 Å². The van der Waals surface area contributed by atoms with E-state index in [1.807, 2.05) is 6.08 Å². The summed E-state index contributed by atoms with van der Waals surface area (Å²) in [5, 5.41) is 0. The lowest BCUT2D eigenvalue weighted by atomic mass is 10.1. The molecule has 0 saturated carbocycles. The van der Waals surface area contributed by atoms with Gasteiger partial charge in [-0.1, -0.05) is 12.5 Å². The predicted molar refractivity (Wildman–Crippen MR) is 38.4 cm³/mol. The molecular weight excluding hydrogens is 112 g/mol. The number of allylic oxidation sites excluding steroid dienone is 1. The van der Waals surface area contributed by atoms with Gasteiger partial charge in [-0.05, 0) is 19.3 Å². The Bertz CT molecular complexity index is 84.6. The van der Waals surface area contributed by atoms with E-state index in [9.17, 15) is 0 Å². The molecule has 0 aliphatic carbocycles. The van der Waals surface area contributed by atoms with E-state index in [0.29, 0.717) is 6.10 Å². The van der Waals surface area contributed by atoms with Crippen molar-refractivity contribution in [1.82, 2.24) is 0 Å². The number of ether oxygens (including phenoxy) is 1. The van der Waals surface area contributed by atoms with Crippen molar-refractivity contribution in [1.29, 1.82) is 0 Å². The smallest absolute Gasteiger partial charge is 0.0810 e. The lowest BCUT2D eigenvalue weighted by Gasteiger charge is -1.91. The van der Waals surface area contributed by atoms with Crippen LogP contribution in [0, 0.1) is 0 Å². The van der Waals surface area contributed by atoms with Gasteiger partial charge in [0.05, 0.1) is 12.7 Å². The highest BCUT2D eigenvalue weighted by molar-refractivity contribution is 4.70. The summed E-state index contributed by atoms with van der Waals surface area (Å²) in [7, 11) is 0. The molecule has 0 aromatic carbocycles. The molecule has 1 heterocycles. The Labute approximate surface area is 56.7 Å². The maximum atomic E-state index is 5.06. The molecule has 0 spiro atoms. The van der Waals surface area contributed by atoms with Crippen LogP contribution in [0.3, 0.4) is 0 Å². The van der Waals surface area contributed by atoms with E-state index in [0.717, 1.165) is 13.0 Å². The maximum absolute atomic E-state index is 5.06. The SMILES string of the molecule is C=CCCCC[C@@H]1CO1. The molecule has 1 saturated heterocycles. The third-order valence-electron chi connectivity index (χ3n) is 1.59. The van der Waals surface area contributed by atoms with Gasteiger partial charge in [0.15, 0.2) is 0 Å². The number of epoxide rings is 1. The van der Waals surface area contributed by atoms with E-state index in [2.05, 4.69) is 6.58 Å². The number of rotatable bonds is 5. The normalized spacial score (nSPS) is 23.8. The molecule has 1 nitrogen and oxygen atoms in total. The molecule has 0 radical (unpaired) electrons. The van der Waals surface area contributed by atoms with Crippen LogP contribution in [-0.4, -0.2) is 12.7 Å². The van der Waals surface area contributed by atoms with Crippen LogP contribution in [0.15, 0.2) is 12.7 Å². The average Bonchev–Trinajstić information content (AvgIpc) is 2.63. The van der Waals surface area contributed by atoms with Crippen LogP contribution < -0.4 is 0 Å². The summed E-state index contributed by atoms with van der Waals surface area (Å²) in [6.45, 7) is 4.67. The topological polar surface area (TPSA) is 12.5 Å². The summed E-state index contributed by atoms with van der Waals surface area (Å²) < 4.78 is 5.06. The van der Waals surface area contributed by atoms with Gasteiger partial charge in [-0.2, -0.15) is 0 Å². The van der Waals surface area contributed by atoms with E-state index in [-0.39, 0.29) is 0 Å². The average molecular weight is 126 g/mol. The molecular formula is C8H14O. The van der Waals surface area contributed by atoms with Gasteiger partial charge in [-0.25, -0.2) is 0 Å². The van der Waals surface area contributed by atoms with Crippen molar-refractivity contribution in [3.05, 3.63) is 12.7 Å². The minimum atomic E-state index is 0.620. The number of unbranched alkanes of at least 4 members (excludes halogenated alkanes) is 2. The van der Waals surface area contributed by atoms with Gasteiger partial charge in [0.25, 0.3) is 0 Å². The van der Waals surface area contributed by atoms with Crippen LogP contribution in [0.4, 0.5) is 0 Å². The van der Waals surface area contributed by atoms with Crippen molar-refractivity contribution in [2.45, 2.75) is 31.8 Å². The Morgan fingerprint density at radius 3 is 2.89 bits per heavy atom. The predicted octanol–water partition coefficient (Wildman–Crippen LogP) is 2.13. The Kier molecular flexibility index (Phi) is 2.78. The second-order valence-corrected chi connectivity index (χ2v) is 2.53. The fourth-order valence-corrected chi connectivity index (χ4v) is 0.895. The van der Waals surface area contributed by atoms with E-state index in [4.69, 9.17) is 4.74 Å².